The van der Waals surface area contributed by atoms with Crippen LogP contribution in [0.3, 0.4) is 0 Å². The zero-order chi connectivity index (χ0) is 22.2. The van der Waals surface area contributed by atoms with Crippen molar-refractivity contribution in [3.05, 3.63) is 64.6 Å². The lowest BCUT2D eigenvalue weighted by atomic mass is 10.1. The van der Waals surface area contributed by atoms with Crippen LogP contribution in [0, 0.1) is 0 Å². The number of esters is 1. The third-order valence-corrected chi connectivity index (χ3v) is 5.53. The molecule has 0 spiro atoms. The smallest absolute Gasteiger partial charge is 0.343 e. The molecule has 0 aliphatic carbocycles. The van der Waals surface area contributed by atoms with Crippen molar-refractivity contribution in [2.24, 2.45) is 0 Å². The van der Waals surface area contributed by atoms with Gasteiger partial charge in [0.15, 0.2) is 18.1 Å². The highest BCUT2D eigenvalue weighted by Gasteiger charge is 2.34. The van der Waals surface area contributed by atoms with Crippen molar-refractivity contribution in [2.75, 3.05) is 27.4 Å². The second kappa shape index (κ2) is 10.7. The molecule has 1 aliphatic heterocycles. The predicted octanol–water partition coefficient (Wildman–Crippen LogP) is 3.92. The van der Waals surface area contributed by atoms with Gasteiger partial charge in [-0.1, -0.05) is 36.4 Å². The first-order valence-corrected chi connectivity index (χ1v) is 10.5. The fourth-order valence-corrected chi connectivity index (χ4v) is 3.88. The van der Waals surface area contributed by atoms with E-state index in [-0.39, 0.29) is 17.8 Å². The Hall–Kier alpha value is -3.26. The van der Waals surface area contributed by atoms with Gasteiger partial charge in [-0.15, -0.1) is 0 Å². The van der Waals surface area contributed by atoms with Crippen molar-refractivity contribution in [2.45, 2.75) is 12.8 Å². The van der Waals surface area contributed by atoms with Gasteiger partial charge in [0.1, 0.15) is 0 Å². The van der Waals surface area contributed by atoms with Crippen LogP contribution in [0.2, 0.25) is 0 Å². The van der Waals surface area contributed by atoms with E-state index >= 15 is 0 Å². The molecule has 7 nitrogen and oxygen atoms in total. The summed E-state index contributed by atoms with van der Waals surface area (Å²) in [4.78, 5) is 37.9. The maximum atomic E-state index is 12.7. The summed E-state index contributed by atoms with van der Waals surface area (Å²) in [5, 5.41) is -0.269. The third-order valence-electron chi connectivity index (χ3n) is 4.62. The molecule has 2 aromatic rings. The largest absolute Gasteiger partial charge is 0.493 e. The SMILES string of the molecule is COC(=O)COc1ccc(/C=C2/SC(=O)N(CCCc3ccccc3)C2=O)cc1OC. The molecule has 1 fully saturated rings. The van der Waals surface area contributed by atoms with Crippen LogP contribution in [0.15, 0.2) is 53.4 Å². The molecule has 0 atom stereocenters. The fraction of sp³-hybridized carbons (Fsp3) is 0.261. The van der Waals surface area contributed by atoms with Gasteiger partial charge in [-0.2, -0.15) is 0 Å². The third kappa shape index (κ3) is 5.88. The Labute approximate surface area is 185 Å². The van der Waals surface area contributed by atoms with Gasteiger partial charge in [0, 0.05) is 6.54 Å². The number of benzene rings is 2. The molecule has 2 amide bonds. The van der Waals surface area contributed by atoms with Crippen molar-refractivity contribution in [3.63, 3.8) is 0 Å². The first-order valence-electron chi connectivity index (χ1n) is 9.68. The summed E-state index contributed by atoms with van der Waals surface area (Å²) in [5.74, 6) is -0.0288. The van der Waals surface area contributed by atoms with E-state index in [2.05, 4.69) is 4.74 Å². The molecule has 8 heteroatoms. The summed E-state index contributed by atoms with van der Waals surface area (Å²) >= 11 is 0.923. The number of nitrogens with zero attached hydrogens (tertiary/aromatic N) is 1. The highest BCUT2D eigenvalue weighted by molar-refractivity contribution is 8.18. The van der Waals surface area contributed by atoms with E-state index in [9.17, 15) is 14.4 Å². The van der Waals surface area contributed by atoms with Gasteiger partial charge in [-0.05, 0) is 53.9 Å². The lowest BCUT2D eigenvalue weighted by Gasteiger charge is -2.12. The van der Waals surface area contributed by atoms with E-state index in [1.54, 1.807) is 24.3 Å². The number of hydrogen-bond acceptors (Lipinski definition) is 7. The zero-order valence-corrected chi connectivity index (χ0v) is 18.1. The average Bonchev–Trinajstić information content (AvgIpc) is 3.05. The molecule has 2 aromatic carbocycles. The molecule has 1 heterocycles. The maximum Gasteiger partial charge on any atom is 0.343 e. The molecular weight excluding hydrogens is 418 g/mol. The number of carbonyl (C=O) groups is 3. The molecule has 0 saturated carbocycles. The summed E-state index contributed by atoms with van der Waals surface area (Å²) < 4.78 is 15.2. The van der Waals surface area contributed by atoms with Crippen molar-refractivity contribution >= 4 is 35.0 Å². The van der Waals surface area contributed by atoms with E-state index < -0.39 is 5.97 Å². The van der Waals surface area contributed by atoms with Crippen LogP contribution in [-0.2, 0) is 20.7 Å². The number of ether oxygens (including phenoxy) is 3. The summed E-state index contributed by atoms with van der Waals surface area (Å²) in [6, 6.07) is 15.0. The van der Waals surface area contributed by atoms with Gasteiger partial charge in [-0.3, -0.25) is 14.5 Å². The standard InChI is InChI=1S/C23H23NO6S/c1-28-19-13-17(10-11-18(19)30-15-21(25)29-2)14-20-22(26)24(23(27)31-20)12-6-9-16-7-4-3-5-8-16/h3-5,7-8,10-11,13-14H,6,9,12,15H2,1-2H3/b20-14+. The van der Waals surface area contributed by atoms with Crippen molar-refractivity contribution < 1.29 is 28.6 Å². The Bertz CT molecular complexity index is 989. The lowest BCUT2D eigenvalue weighted by molar-refractivity contribution is -0.142. The van der Waals surface area contributed by atoms with Gasteiger partial charge in [0.05, 0.1) is 19.1 Å². The predicted molar refractivity (Wildman–Crippen MR) is 118 cm³/mol. The molecule has 0 N–H and O–H groups in total. The molecule has 162 valence electrons. The van der Waals surface area contributed by atoms with Gasteiger partial charge >= 0.3 is 5.97 Å². The number of amides is 2. The Morgan fingerprint density at radius 1 is 1.06 bits per heavy atom. The minimum atomic E-state index is -0.507. The van der Waals surface area contributed by atoms with Crippen LogP contribution in [0.1, 0.15) is 17.5 Å². The summed E-state index contributed by atoms with van der Waals surface area (Å²) in [6.07, 6.45) is 3.15. The monoisotopic (exact) mass is 441 g/mol. The molecule has 1 saturated heterocycles. The summed E-state index contributed by atoms with van der Waals surface area (Å²) in [6.45, 7) is 0.134. The molecule has 3 rings (SSSR count). The molecular formula is C23H23NO6S. The van der Waals surface area contributed by atoms with E-state index in [1.165, 1.54) is 24.7 Å². The number of carbonyl (C=O) groups excluding carboxylic acids is 3. The van der Waals surface area contributed by atoms with Crippen molar-refractivity contribution in [1.29, 1.82) is 0 Å². The second-order valence-electron chi connectivity index (χ2n) is 6.70. The Morgan fingerprint density at radius 3 is 2.55 bits per heavy atom. The maximum absolute atomic E-state index is 12.7. The highest BCUT2D eigenvalue weighted by atomic mass is 32.2. The van der Waals surface area contributed by atoms with E-state index in [4.69, 9.17) is 9.47 Å². The minimum absolute atomic E-state index is 0.242. The summed E-state index contributed by atoms with van der Waals surface area (Å²) in [5.41, 5.74) is 1.85. The Morgan fingerprint density at radius 2 is 1.84 bits per heavy atom. The molecule has 0 unspecified atom stereocenters. The molecule has 0 aromatic heterocycles. The van der Waals surface area contributed by atoms with Crippen LogP contribution in [0.5, 0.6) is 11.5 Å². The van der Waals surface area contributed by atoms with E-state index in [0.717, 1.165) is 18.2 Å². The molecule has 0 radical (unpaired) electrons. The number of thioether (sulfide) groups is 1. The molecule has 31 heavy (non-hydrogen) atoms. The summed E-state index contributed by atoms with van der Waals surface area (Å²) in [7, 11) is 2.76. The topological polar surface area (TPSA) is 82.1 Å². The minimum Gasteiger partial charge on any atom is -0.493 e. The number of hydrogen-bond donors (Lipinski definition) is 0. The first kappa shape index (κ1) is 22.4. The van der Waals surface area contributed by atoms with Crippen LogP contribution < -0.4 is 9.47 Å². The zero-order valence-electron chi connectivity index (χ0n) is 17.3. The van der Waals surface area contributed by atoms with Gasteiger partial charge in [0.25, 0.3) is 11.1 Å². The fourth-order valence-electron chi connectivity index (χ4n) is 3.02. The van der Waals surface area contributed by atoms with E-state index in [0.29, 0.717) is 34.9 Å². The Balaban J connectivity index is 1.65. The van der Waals surface area contributed by atoms with Crippen molar-refractivity contribution in [1.82, 2.24) is 4.90 Å². The quantitative estimate of drug-likeness (QED) is 0.431. The van der Waals surface area contributed by atoms with Gasteiger partial charge in [0.2, 0.25) is 0 Å². The van der Waals surface area contributed by atoms with Gasteiger partial charge in [-0.25, -0.2) is 4.79 Å². The highest BCUT2D eigenvalue weighted by Crippen LogP contribution is 2.34. The number of rotatable bonds is 9. The van der Waals surface area contributed by atoms with Crippen LogP contribution >= 0.6 is 11.8 Å². The molecule has 1 aliphatic rings. The second-order valence-corrected chi connectivity index (χ2v) is 7.69. The van der Waals surface area contributed by atoms with Gasteiger partial charge < -0.3 is 14.2 Å². The molecule has 0 bridgehead atoms. The number of imide groups is 1. The lowest BCUT2D eigenvalue weighted by Crippen LogP contribution is -2.29. The van der Waals surface area contributed by atoms with E-state index in [1.807, 2.05) is 30.3 Å². The number of aryl methyl sites for hydroxylation is 1. The van der Waals surface area contributed by atoms with Crippen molar-refractivity contribution in [3.8, 4) is 11.5 Å². The van der Waals surface area contributed by atoms with Crippen LogP contribution in [0.4, 0.5) is 4.79 Å². The Kier molecular flexibility index (Phi) is 7.72. The van der Waals surface area contributed by atoms with Crippen LogP contribution in [0.25, 0.3) is 6.08 Å². The average molecular weight is 442 g/mol. The first-order chi connectivity index (χ1) is 15.0. The van der Waals surface area contributed by atoms with Crippen LogP contribution in [-0.4, -0.2) is 49.4 Å². The number of methoxy groups -OCH3 is 2. The normalized spacial score (nSPS) is 14.8.